The first-order chi connectivity index (χ1) is 8.15. The number of anilines is 1. The van der Waals surface area contributed by atoms with Crippen LogP contribution in [-0.4, -0.2) is 21.1 Å². The predicted octanol–water partition coefficient (Wildman–Crippen LogP) is 0.754. The minimum atomic E-state index is -0.229. The lowest BCUT2D eigenvalue weighted by Crippen LogP contribution is -2.22. The van der Waals surface area contributed by atoms with Gasteiger partial charge in [-0.25, -0.2) is 4.98 Å². The van der Waals surface area contributed by atoms with Gasteiger partial charge in [0, 0.05) is 12.7 Å². The Labute approximate surface area is 102 Å². The van der Waals surface area contributed by atoms with Gasteiger partial charge in [-0.2, -0.15) is 0 Å². The first kappa shape index (κ1) is 11.5. The first-order valence-electron chi connectivity index (χ1n) is 4.94. The summed E-state index contributed by atoms with van der Waals surface area (Å²) in [5, 5.41) is 11.4. The van der Waals surface area contributed by atoms with Crippen molar-refractivity contribution in [3.8, 4) is 0 Å². The molecule has 3 N–H and O–H groups in total. The van der Waals surface area contributed by atoms with Crippen molar-refractivity contribution in [1.29, 1.82) is 0 Å². The minimum absolute atomic E-state index is 0.229. The van der Waals surface area contributed by atoms with Gasteiger partial charge < -0.3 is 11.1 Å². The maximum Gasteiger partial charge on any atom is 0.282 e. The Morgan fingerprint density at radius 3 is 2.88 bits per heavy atom. The van der Waals surface area contributed by atoms with E-state index in [0.29, 0.717) is 17.4 Å². The second-order valence-corrected chi connectivity index (χ2v) is 4.58. The number of aromatic nitrogens is 3. The van der Waals surface area contributed by atoms with Gasteiger partial charge in [0.05, 0.1) is 0 Å². The van der Waals surface area contributed by atoms with E-state index >= 15 is 0 Å². The van der Waals surface area contributed by atoms with Gasteiger partial charge in [0.2, 0.25) is 5.01 Å². The third kappa shape index (κ3) is 2.97. The predicted molar refractivity (Wildman–Crippen MR) is 64.5 cm³/mol. The number of nitrogen functional groups attached to an aromatic ring is 1. The highest BCUT2D eigenvalue weighted by molar-refractivity contribution is 7.13. The molecular formula is C10H11N5OS. The Morgan fingerprint density at radius 1 is 1.47 bits per heavy atom. The SMILES string of the molecule is Cc1nnc(C(=O)NCc2ccc(N)nc2)s1. The van der Waals surface area contributed by atoms with Crippen molar-refractivity contribution < 1.29 is 4.79 Å². The lowest BCUT2D eigenvalue weighted by molar-refractivity contribution is 0.0950. The number of hydrogen-bond acceptors (Lipinski definition) is 6. The molecule has 0 aliphatic rings. The number of aryl methyl sites for hydroxylation is 1. The summed E-state index contributed by atoms with van der Waals surface area (Å²) in [6.07, 6.45) is 1.63. The van der Waals surface area contributed by atoms with E-state index < -0.39 is 0 Å². The van der Waals surface area contributed by atoms with Gasteiger partial charge in [-0.1, -0.05) is 17.4 Å². The van der Waals surface area contributed by atoms with Crippen LogP contribution >= 0.6 is 11.3 Å². The molecule has 7 heteroatoms. The zero-order chi connectivity index (χ0) is 12.3. The molecule has 0 radical (unpaired) electrons. The fraction of sp³-hybridized carbons (Fsp3) is 0.200. The Bertz CT molecular complexity index is 522. The van der Waals surface area contributed by atoms with Crippen LogP contribution in [0.1, 0.15) is 20.4 Å². The van der Waals surface area contributed by atoms with E-state index in [1.165, 1.54) is 11.3 Å². The number of carbonyl (C=O) groups excluding carboxylic acids is 1. The average Bonchev–Trinajstić information content (AvgIpc) is 2.75. The maximum atomic E-state index is 11.6. The highest BCUT2D eigenvalue weighted by Crippen LogP contribution is 2.08. The average molecular weight is 249 g/mol. The summed E-state index contributed by atoms with van der Waals surface area (Å²) in [5.41, 5.74) is 6.34. The second-order valence-electron chi connectivity index (χ2n) is 3.40. The van der Waals surface area contributed by atoms with Crippen molar-refractivity contribution in [1.82, 2.24) is 20.5 Å². The minimum Gasteiger partial charge on any atom is -0.384 e. The van der Waals surface area contributed by atoms with Crippen LogP contribution in [0.25, 0.3) is 0 Å². The van der Waals surface area contributed by atoms with E-state index in [1.54, 1.807) is 19.2 Å². The third-order valence-electron chi connectivity index (χ3n) is 2.02. The van der Waals surface area contributed by atoms with E-state index in [0.717, 1.165) is 10.6 Å². The first-order valence-corrected chi connectivity index (χ1v) is 5.75. The molecule has 0 bridgehead atoms. The topological polar surface area (TPSA) is 93.8 Å². The smallest absolute Gasteiger partial charge is 0.282 e. The zero-order valence-electron chi connectivity index (χ0n) is 9.17. The van der Waals surface area contributed by atoms with E-state index in [1.807, 2.05) is 6.07 Å². The summed E-state index contributed by atoms with van der Waals surface area (Å²) in [7, 11) is 0. The molecule has 0 saturated heterocycles. The molecule has 88 valence electrons. The lowest BCUT2D eigenvalue weighted by Gasteiger charge is -2.02. The molecule has 0 unspecified atom stereocenters. The van der Waals surface area contributed by atoms with Gasteiger partial charge >= 0.3 is 0 Å². The van der Waals surface area contributed by atoms with Gasteiger partial charge in [-0.15, -0.1) is 10.2 Å². The molecule has 6 nitrogen and oxygen atoms in total. The summed E-state index contributed by atoms with van der Waals surface area (Å²) in [6, 6.07) is 3.50. The fourth-order valence-corrected chi connectivity index (χ4v) is 1.79. The number of nitrogens with zero attached hydrogens (tertiary/aromatic N) is 3. The molecule has 2 heterocycles. The maximum absolute atomic E-state index is 11.6. The van der Waals surface area contributed by atoms with Gasteiger partial charge in [0.25, 0.3) is 5.91 Å². The van der Waals surface area contributed by atoms with Crippen molar-refractivity contribution in [2.24, 2.45) is 0 Å². The van der Waals surface area contributed by atoms with Crippen molar-refractivity contribution >= 4 is 23.1 Å². The van der Waals surface area contributed by atoms with Crippen LogP contribution < -0.4 is 11.1 Å². The van der Waals surface area contributed by atoms with Crippen LogP contribution in [0, 0.1) is 6.92 Å². The monoisotopic (exact) mass is 249 g/mol. The molecule has 0 aromatic carbocycles. The third-order valence-corrected chi connectivity index (χ3v) is 2.86. The molecule has 0 aliphatic heterocycles. The van der Waals surface area contributed by atoms with Crippen LogP contribution in [0.4, 0.5) is 5.82 Å². The molecule has 0 aliphatic carbocycles. The normalized spacial score (nSPS) is 10.2. The zero-order valence-corrected chi connectivity index (χ0v) is 9.99. The molecule has 1 amide bonds. The molecule has 2 aromatic heterocycles. The molecule has 0 spiro atoms. The Morgan fingerprint density at radius 2 is 2.29 bits per heavy atom. The molecule has 0 saturated carbocycles. The quantitative estimate of drug-likeness (QED) is 0.837. The van der Waals surface area contributed by atoms with Crippen LogP contribution in [-0.2, 0) is 6.54 Å². The van der Waals surface area contributed by atoms with Gasteiger partial charge in [-0.3, -0.25) is 4.79 Å². The Kier molecular flexibility index (Phi) is 3.29. The summed E-state index contributed by atoms with van der Waals surface area (Å²) in [4.78, 5) is 15.6. The van der Waals surface area contributed by atoms with Crippen molar-refractivity contribution in [2.75, 3.05) is 5.73 Å². The van der Waals surface area contributed by atoms with Gasteiger partial charge in [0.15, 0.2) is 0 Å². The highest BCUT2D eigenvalue weighted by atomic mass is 32.1. The molecule has 17 heavy (non-hydrogen) atoms. The second kappa shape index (κ2) is 4.88. The largest absolute Gasteiger partial charge is 0.384 e. The molecular weight excluding hydrogens is 238 g/mol. The highest BCUT2D eigenvalue weighted by Gasteiger charge is 2.10. The standard InChI is InChI=1S/C10H11N5OS/c1-6-14-15-10(17-6)9(16)13-5-7-2-3-8(11)12-4-7/h2-4H,5H2,1H3,(H2,11,12)(H,13,16). The van der Waals surface area contributed by atoms with Gasteiger partial charge in [0.1, 0.15) is 10.8 Å². The summed E-state index contributed by atoms with van der Waals surface area (Å²) in [5.74, 6) is 0.229. The number of amides is 1. The van der Waals surface area contributed by atoms with Crippen LogP contribution in [0.2, 0.25) is 0 Å². The Balaban J connectivity index is 1.94. The van der Waals surface area contributed by atoms with E-state index in [9.17, 15) is 4.79 Å². The van der Waals surface area contributed by atoms with Gasteiger partial charge in [-0.05, 0) is 18.6 Å². The number of carbonyl (C=O) groups is 1. The number of rotatable bonds is 3. The number of pyridine rings is 1. The van der Waals surface area contributed by atoms with Crippen molar-refractivity contribution in [2.45, 2.75) is 13.5 Å². The number of nitrogens with two attached hydrogens (primary N) is 1. The van der Waals surface area contributed by atoms with E-state index in [2.05, 4.69) is 20.5 Å². The van der Waals surface area contributed by atoms with E-state index in [-0.39, 0.29) is 5.91 Å². The van der Waals surface area contributed by atoms with Crippen LogP contribution in [0.5, 0.6) is 0 Å². The molecule has 0 atom stereocenters. The number of nitrogens with one attached hydrogen (secondary N) is 1. The molecule has 2 rings (SSSR count). The lowest BCUT2D eigenvalue weighted by atomic mass is 10.3. The fourth-order valence-electron chi connectivity index (χ4n) is 1.19. The summed E-state index contributed by atoms with van der Waals surface area (Å²) in [6.45, 7) is 2.20. The van der Waals surface area contributed by atoms with E-state index in [4.69, 9.17) is 5.73 Å². The summed E-state index contributed by atoms with van der Waals surface area (Å²) < 4.78 is 0. The van der Waals surface area contributed by atoms with Crippen LogP contribution in [0.3, 0.4) is 0 Å². The number of hydrogen-bond donors (Lipinski definition) is 2. The van der Waals surface area contributed by atoms with Crippen molar-refractivity contribution in [3.05, 3.63) is 33.9 Å². The molecule has 2 aromatic rings. The van der Waals surface area contributed by atoms with Crippen molar-refractivity contribution in [3.63, 3.8) is 0 Å². The Hall–Kier alpha value is -2.02. The van der Waals surface area contributed by atoms with Crippen LogP contribution in [0.15, 0.2) is 18.3 Å². The molecule has 0 fully saturated rings. The summed E-state index contributed by atoms with van der Waals surface area (Å²) >= 11 is 1.26.